The molecule has 0 fully saturated rings. The van der Waals surface area contributed by atoms with Crippen molar-refractivity contribution in [2.24, 2.45) is 0 Å². The molecule has 1 aromatic carbocycles. The molecule has 1 N–H and O–H groups in total. The van der Waals surface area contributed by atoms with E-state index in [9.17, 15) is 0 Å². The van der Waals surface area contributed by atoms with Crippen LogP contribution < -0.4 is 5.32 Å². The average molecular weight is 318 g/mol. The maximum absolute atomic E-state index is 4.26. The van der Waals surface area contributed by atoms with E-state index < -0.39 is 0 Å². The Bertz CT molecular complexity index is 511. The molecule has 0 aliphatic carbocycles. The molecular formula is C15H16BrN3. The van der Waals surface area contributed by atoms with Gasteiger partial charge in [-0.05, 0) is 34.3 Å². The van der Waals surface area contributed by atoms with E-state index in [1.54, 1.807) is 12.4 Å². The van der Waals surface area contributed by atoms with E-state index in [1.807, 2.05) is 24.3 Å². The van der Waals surface area contributed by atoms with Gasteiger partial charge in [0.25, 0.3) is 0 Å². The predicted molar refractivity (Wildman–Crippen MR) is 82.0 cm³/mol. The molecule has 1 aromatic heterocycles. The zero-order valence-corrected chi connectivity index (χ0v) is 12.2. The molecule has 0 saturated heterocycles. The fraction of sp³-hybridized carbons (Fsp3) is 0.200. The topological polar surface area (TPSA) is 37.8 Å². The quantitative estimate of drug-likeness (QED) is 0.804. The Morgan fingerprint density at radius 1 is 1.21 bits per heavy atom. The fourth-order valence-corrected chi connectivity index (χ4v) is 2.04. The van der Waals surface area contributed by atoms with Crippen LogP contribution in [0.3, 0.4) is 0 Å². The van der Waals surface area contributed by atoms with Crippen LogP contribution in [0.2, 0.25) is 0 Å². The average Bonchev–Trinajstić information content (AvgIpc) is 2.46. The van der Waals surface area contributed by atoms with Crippen molar-refractivity contribution in [2.45, 2.75) is 18.9 Å². The lowest BCUT2D eigenvalue weighted by atomic mass is 10.0. The lowest BCUT2D eigenvalue weighted by Crippen LogP contribution is -2.12. The molecule has 0 radical (unpaired) electrons. The molecule has 19 heavy (non-hydrogen) atoms. The van der Waals surface area contributed by atoms with Crippen molar-refractivity contribution in [1.82, 2.24) is 9.97 Å². The first-order valence-electron chi connectivity index (χ1n) is 6.19. The number of nitrogens with zero attached hydrogens (tertiary/aromatic N) is 2. The van der Waals surface area contributed by atoms with Crippen LogP contribution >= 0.6 is 15.9 Å². The highest BCUT2D eigenvalue weighted by atomic mass is 79.9. The predicted octanol–water partition coefficient (Wildman–Crippen LogP) is 4.36. The van der Waals surface area contributed by atoms with Crippen LogP contribution in [0.15, 0.2) is 59.9 Å². The minimum Gasteiger partial charge on any atom is -0.347 e. The summed E-state index contributed by atoms with van der Waals surface area (Å²) < 4.78 is 0.875. The number of hydrogen-bond donors (Lipinski definition) is 1. The van der Waals surface area contributed by atoms with Gasteiger partial charge in [-0.1, -0.05) is 36.4 Å². The van der Waals surface area contributed by atoms with Crippen molar-refractivity contribution < 1.29 is 0 Å². The summed E-state index contributed by atoms with van der Waals surface area (Å²) in [4.78, 5) is 8.51. The van der Waals surface area contributed by atoms with Crippen LogP contribution in [-0.4, -0.2) is 9.97 Å². The zero-order chi connectivity index (χ0) is 13.5. The lowest BCUT2D eigenvalue weighted by molar-refractivity contribution is 0.697. The summed E-state index contributed by atoms with van der Waals surface area (Å²) in [5, 5.41) is 3.37. The molecule has 0 aliphatic rings. The van der Waals surface area contributed by atoms with Gasteiger partial charge in [-0.25, -0.2) is 9.97 Å². The van der Waals surface area contributed by atoms with E-state index in [0.29, 0.717) is 5.95 Å². The summed E-state index contributed by atoms with van der Waals surface area (Å²) in [6.07, 6.45) is 7.33. The second-order valence-corrected chi connectivity index (χ2v) is 5.11. The summed E-state index contributed by atoms with van der Waals surface area (Å²) >= 11 is 3.33. The highest BCUT2D eigenvalue weighted by Crippen LogP contribution is 2.22. The Hall–Kier alpha value is -1.68. The Morgan fingerprint density at radius 2 is 1.89 bits per heavy atom. The number of benzene rings is 1. The van der Waals surface area contributed by atoms with Crippen LogP contribution in [0.4, 0.5) is 5.95 Å². The van der Waals surface area contributed by atoms with Crippen LogP contribution in [0.5, 0.6) is 0 Å². The van der Waals surface area contributed by atoms with E-state index in [0.717, 1.165) is 17.3 Å². The van der Waals surface area contributed by atoms with Gasteiger partial charge in [-0.3, -0.25) is 0 Å². The normalized spacial score (nSPS) is 11.8. The third-order valence-electron chi connectivity index (χ3n) is 2.79. The van der Waals surface area contributed by atoms with E-state index in [2.05, 4.69) is 49.9 Å². The first kappa shape index (κ1) is 13.7. The number of anilines is 1. The molecule has 0 bridgehead atoms. The molecule has 1 unspecified atom stereocenters. The van der Waals surface area contributed by atoms with E-state index in [1.165, 1.54) is 5.56 Å². The summed E-state index contributed by atoms with van der Waals surface area (Å²) in [5.41, 5.74) is 1.23. The van der Waals surface area contributed by atoms with Crippen molar-refractivity contribution in [3.05, 3.63) is 65.4 Å². The monoisotopic (exact) mass is 317 g/mol. The SMILES string of the molecule is C=CCCC(Nc1ncc(Br)cn1)c1ccccc1. The van der Waals surface area contributed by atoms with Crippen molar-refractivity contribution in [3.8, 4) is 0 Å². The molecular weight excluding hydrogens is 302 g/mol. The number of allylic oxidation sites excluding steroid dienone is 1. The van der Waals surface area contributed by atoms with Crippen molar-refractivity contribution in [2.75, 3.05) is 5.32 Å². The molecule has 98 valence electrons. The van der Waals surface area contributed by atoms with Gasteiger partial charge in [-0.2, -0.15) is 0 Å². The number of rotatable bonds is 6. The van der Waals surface area contributed by atoms with Crippen LogP contribution in [-0.2, 0) is 0 Å². The number of halogens is 1. The molecule has 0 amide bonds. The smallest absolute Gasteiger partial charge is 0.223 e. The zero-order valence-electron chi connectivity index (χ0n) is 10.6. The molecule has 0 spiro atoms. The second kappa shape index (κ2) is 7.04. The van der Waals surface area contributed by atoms with Crippen LogP contribution in [0.1, 0.15) is 24.4 Å². The molecule has 2 rings (SSSR count). The number of aromatic nitrogens is 2. The molecule has 0 aliphatic heterocycles. The summed E-state index contributed by atoms with van der Waals surface area (Å²) in [7, 11) is 0. The summed E-state index contributed by atoms with van der Waals surface area (Å²) in [6.45, 7) is 3.78. The third kappa shape index (κ3) is 4.17. The molecule has 1 atom stereocenters. The molecule has 3 nitrogen and oxygen atoms in total. The van der Waals surface area contributed by atoms with Gasteiger partial charge < -0.3 is 5.32 Å². The van der Waals surface area contributed by atoms with Gasteiger partial charge in [-0.15, -0.1) is 6.58 Å². The van der Waals surface area contributed by atoms with Gasteiger partial charge in [0.15, 0.2) is 0 Å². The molecule has 0 saturated carbocycles. The van der Waals surface area contributed by atoms with Gasteiger partial charge in [0.05, 0.1) is 10.5 Å². The highest BCUT2D eigenvalue weighted by molar-refractivity contribution is 9.10. The van der Waals surface area contributed by atoms with Crippen LogP contribution in [0.25, 0.3) is 0 Å². The van der Waals surface area contributed by atoms with Crippen molar-refractivity contribution >= 4 is 21.9 Å². The lowest BCUT2D eigenvalue weighted by Gasteiger charge is -2.18. The summed E-state index contributed by atoms with van der Waals surface area (Å²) in [5.74, 6) is 0.640. The van der Waals surface area contributed by atoms with E-state index >= 15 is 0 Å². The van der Waals surface area contributed by atoms with Gasteiger partial charge >= 0.3 is 0 Å². The van der Waals surface area contributed by atoms with Crippen molar-refractivity contribution in [1.29, 1.82) is 0 Å². The summed E-state index contributed by atoms with van der Waals surface area (Å²) in [6, 6.07) is 10.5. The number of nitrogens with one attached hydrogen (secondary N) is 1. The van der Waals surface area contributed by atoms with Gasteiger partial charge in [0, 0.05) is 12.4 Å². The Morgan fingerprint density at radius 3 is 2.53 bits per heavy atom. The third-order valence-corrected chi connectivity index (χ3v) is 3.19. The second-order valence-electron chi connectivity index (χ2n) is 4.20. The van der Waals surface area contributed by atoms with E-state index in [-0.39, 0.29) is 6.04 Å². The van der Waals surface area contributed by atoms with E-state index in [4.69, 9.17) is 0 Å². The fourth-order valence-electron chi connectivity index (χ4n) is 1.83. The Labute approximate surface area is 121 Å². The molecule has 2 aromatic rings. The molecule has 4 heteroatoms. The first-order valence-corrected chi connectivity index (χ1v) is 6.99. The minimum absolute atomic E-state index is 0.195. The van der Waals surface area contributed by atoms with Gasteiger partial charge in [0.2, 0.25) is 5.95 Å². The standard InChI is InChI=1S/C15H16BrN3/c1-2-3-9-14(12-7-5-4-6-8-12)19-15-17-10-13(16)11-18-15/h2,4-8,10-11,14H,1,3,9H2,(H,17,18,19). The largest absolute Gasteiger partial charge is 0.347 e. The first-order chi connectivity index (χ1) is 9.29. The number of hydrogen-bond acceptors (Lipinski definition) is 3. The molecule has 1 heterocycles. The highest BCUT2D eigenvalue weighted by Gasteiger charge is 2.11. The maximum atomic E-state index is 4.26. The van der Waals surface area contributed by atoms with Crippen molar-refractivity contribution in [3.63, 3.8) is 0 Å². The van der Waals surface area contributed by atoms with Crippen LogP contribution in [0, 0.1) is 0 Å². The minimum atomic E-state index is 0.195. The Kier molecular flexibility index (Phi) is 5.10. The maximum Gasteiger partial charge on any atom is 0.223 e. The van der Waals surface area contributed by atoms with Gasteiger partial charge in [0.1, 0.15) is 0 Å². The Balaban J connectivity index is 2.14.